The van der Waals surface area contributed by atoms with E-state index in [0.29, 0.717) is 12.4 Å². The second kappa shape index (κ2) is 6.05. The van der Waals surface area contributed by atoms with E-state index in [1.165, 1.54) is 19.1 Å². The molecule has 0 saturated heterocycles. The topological polar surface area (TPSA) is 63.0 Å². The Morgan fingerprint density at radius 2 is 1.95 bits per heavy atom. The molecule has 1 aromatic carbocycles. The number of hydrogen-bond acceptors (Lipinski definition) is 4. The molecule has 0 bridgehead atoms. The van der Waals surface area contributed by atoms with Crippen molar-refractivity contribution in [1.82, 2.24) is 20.1 Å². The number of aliphatic hydroxyl groups is 1. The maximum Gasteiger partial charge on any atom is 0.416 e. The molecule has 1 atom stereocenters. The molecule has 120 valence electrons. The minimum Gasteiger partial charge on any atom is -0.384 e. The number of alkyl halides is 3. The molecule has 8 heteroatoms. The van der Waals surface area contributed by atoms with E-state index >= 15 is 0 Å². The summed E-state index contributed by atoms with van der Waals surface area (Å²) in [4.78, 5) is 4.01. The first-order valence-corrected chi connectivity index (χ1v) is 6.64. The van der Waals surface area contributed by atoms with E-state index in [-0.39, 0.29) is 12.1 Å². The van der Waals surface area contributed by atoms with Crippen LogP contribution in [0.25, 0.3) is 0 Å². The molecule has 0 spiro atoms. The highest BCUT2D eigenvalue weighted by molar-refractivity contribution is 5.29. The molecule has 0 aliphatic heterocycles. The average Bonchev–Trinajstić information content (AvgIpc) is 2.83. The van der Waals surface area contributed by atoms with Gasteiger partial charge in [-0.3, -0.25) is 4.68 Å². The SMILES string of the molecule is Cn1cnc(CNCC(C)(O)c2cccc(C(F)(F)F)c2)n1. The van der Waals surface area contributed by atoms with Crippen LogP contribution in [0.1, 0.15) is 23.9 Å². The summed E-state index contributed by atoms with van der Waals surface area (Å²) in [6.45, 7) is 1.85. The minimum atomic E-state index is -4.43. The maximum absolute atomic E-state index is 12.7. The Morgan fingerprint density at radius 3 is 2.55 bits per heavy atom. The van der Waals surface area contributed by atoms with Crippen LogP contribution in [0.4, 0.5) is 13.2 Å². The summed E-state index contributed by atoms with van der Waals surface area (Å²) in [5.41, 5.74) is -2.02. The Labute approximate surface area is 125 Å². The van der Waals surface area contributed by atoms with Gasteiger partial charge in [0.25, 0.3) is 0 Å². The molecule has 5 nitrogen and oxygen atoms in total. The van der Waals surface area contributed by atoms with Crippen molar-refractivity contribution in [2.75, 3.05) is 6.54 Å². The summed E-state index contributed by atoms with van der Waals surface area (Å²) < 4.78 is 39.7. The van der Waals surface area contributed by atoms with Gasteiger partial charge >= 0.3 is 6.18 Å². The van der Waals surface area contributed by atoms with Crippen LogP contribution in [0.15, 0.2) is 30.6 Å². The van der Waals surface area contributed by atoms with E-state index in [0.717, 1.165) is 12.1 Å². The monoisotopic (exact) mass is 314 g/mol. The Bertz CT molecular complexity index is 637. The third-order valence-electron chi connectivity index (χ3n) is 3.21. The van der Waals surface area contributed by atoms with Gasteiger partial charge in [0.15, 0.2) is 5.82 Å². The van der Waals surface area contributed by atoms with Crippen molar-refractivity contribution in [3.05, 3.63) is 47.5 Å². The number of rotatable bonds is 5. The first kappa shape index (κ1) is 16.4. The number of aromatic nitrogens is 3. The standard InChI is InChI=1S/C14H17F3N4O/c1-13(22,8-18-7-12-19-9-21(2)20-12)10-4-3-5-11(6-10)14(15,16)17/h3-6,9,18,22H,7-8H2,1-2H3. The van der Waals surface area contributed by atoms with Crippen LogP contribution in [-0.4, -0.2) is 26.4 Å². The second-order valence-corrected chi connectivity index (χ2v) is 5.29. The van der Waals surface area contributed by atoms with Crippen LogP contribution in [-0.2, 0) is 25.4 Å². The lowest BCUT2D eigenvalue weighted by molar-refractivity contribution is -0.137. The number of aryl methyl sites for hydroxylation is 1. The summed E-state index contributed by atoms with van der Waals surface area (Å²) >= 11 is 0. The Morgan fingerprint density at radius 1 is 1.27 bits per heavy atom. The van der Waals surface area contributed by atoms with Crippen LogP contribution in [0, 0.1) is 0 Å². The number of benzene rings is 1. The van der Waals surface area contributed by atoms with Gasteiger partial charge in [0, 0.05) is 13.6 Å². The lowest BCUT2D eigenvalue weighted by Gasteiger charge is -2.25. The largest absolute Gasteiger partial charge is 0.416 e. The summed E-state index contributed by atoms with van der Waals surface area (Å²) in [6.07, 6.45) is -2.89. The second-order valence-electron chi connectivity index (χ2n) is 5.29. The molecule has 22 heavy (non-hydrogen) atoms. The van der Waals surface area contributed by atoms with Crippen molar-refractivity contribution in [2.24, 2.45) is 7.05 Å². The third-order valence-corrected chi connectivity index (χ3v) is 3.21. The Kier molecular flexibility index (Phi) is 4.52. The van der Waals surface area contributed by atoms with Crippen LogP contribution in [0.5, 0.6) is 0 Å². The van der Waals surface area contributed by atoms with Gasteiger partial charge in [-0.15, -0.1) is 0 Å². The highest BCUT2D eigenvalue weighted by atomic mass is 19.4. The van der Waals surface area contributed by atoms with Crippen LogP contribution < -0.4 is 5.32 Å². The molecule has 0 aliphatic rings. The van der Waals surface area contributed by atoms with E-state index in [1.807, 2.05) is 0 Å². The quantitative estimate of drug-likeness (QED) is 0.884. The van der Waals surface area contributed by atoms with Crippen molar-refractivity contribution >= 4 is 0 Å². The fourth-order valence-corrected chi connectivity index (χ4v) is 2.02. The highest BCUT2D eigenvalue weighted by Gasteiger charge is 2.32. The van der Waals surface area contributed by atoms with Gasteiger partial charge in [-0.2, -0.15) is 18.3 Å². The zero-order valence-corrected chi connectivity index (χ0v) is 12.2. The van der Waals surface area contributed by atoms with Gasteiger partial charge < -0.3 is 10.4 Å². The van der Waals surface area contributed by atoms with E-state index in [1.54, 1.807) is 18.1 Å². The maximum atomic E-state index is 12.7. The van der Waals surface area contributed by atoms with Gasteiger partial charge in [0.05, 0.1) is 17.7 Å². The predicted molar refractivity (Wildman–Crippen MR) is 73.7 cm³/mol. The smallest absolute Gasteiger partial charge is 0.384 e. The fraction of sp³-hybridized carbons (Fsp3) is 0.429. The number of hydrogen-bond donors (Lipinski definition) is 2. The van der Waals surface area contributed by atoms with Crippen LogP contribution in [0.2, 0.25) is 0 Å². The normalized spacial score (nSPS) is 14.8. The van der Waals surface area contributed by atoms with Gasteiger partial charge in [0.2, 0.25) is 0 Å². The molecule has 0 radical (unpaired) electrons. The van der Waals surface area contributed by atoms with E-state index in [9.17, 15) is 18.3 Å². The minimum absolute atomic E-state index is 0.0760. The molecular formula is C14H17F3N4O. The Balaban J connectivity index is 2.03. The van der Waals surface area contributed by atoms with Gasteiger partial charge in [-0.1, -0.05) is 12.1 Å². The van der Waals surface area contributed by atoms with Crippen molar-refractivity contribution in [3.63, 3.8) is 0 Å². The van der Waals surface area contributed by atoms with E-state index in [4.69, 9.17) is 0 Å². The number of halogens is 3. The molecule has 1 unspecified atom stereocenters. The van der Waals surface area contributed by atoms with Gasteiger partial charge in [-0.05, 0) is 24.6 Å². The molecule has 1 aromatic heterocycles. The van der Waals surface area contributed by atoms with Crippen molar-refractivity contribution in [1.29, 1.82) is 0 Å². The van der Waals surface area contributed by atoms with E-state index in [2.05, 4.69) is 15.4 Å². The first-order chi connectivity index (χ1) is 10.2. The van der Waals surface area contributed by atoms with E-state index < -0.39 is 17.3 Å². The molecule has 2 rings (SSSR count). The lowest BCUT2D eigenvalue weighted by atomic mass is 9.94. The lowest BCUT2D eigenvalue weighted by Crippen LogP contribution is -2.35. The molecule has 2 aromatic rings. The number of nitrogens with one attached hydrogen (secondary N) is 1. The molecule has 0 amide bonds. The molecule has 0 aliphatic carbocycles. The zero-order valence-electron chi connectivity index (χ0n) is 12.2. The van der Waals surface area contributed by atoms with Crippen molar-refractivity contribution < 1.29 is 18.3 Å². The summed E-state index contributed by atoms with van der Waals surface area (Å²) in [7, 11) is 1.73. The summed E-state index contributed by atoms with van der Waals surface area (Å²) in [6, 6.07) is 4.69. The molecule has 0 fully saturated rings. The molecular weight excluding hydrogens is 297 g/mol. The van der Waals surface area contributed by atoms with Crippen molar-refractivity contribution in [3.8, 4) is 0 Å². The first-order valence-electron chi connectivity index (χ1n) is 6.64. The third kappa shape index (κ3) is 4.05. The van der Waals surface area contributed by atoms with Crippen LogP contribution in [0.3, 0.4) is 0 Å². The zero-order chi connectivity index (χ0) is 16.4. The Hall–Kier alpha value is -1.93. The predicted octanol–water partition coefficient (Wildman–Crippen LogP) is 1.83. The summed E-state index contributed by atoms with van der Waals surface area (Å²) in [5, 5.41) is 17.4. The van der Waals surface area contributed by atoms with Crippen LogP contribution >= 0.6 is 0 Å². The average molecular weight is 314 g/mol. The highest BCUT2D eigenvalue weighted by Crippen LogP contribution is 2.31. The van der Waals surface area contributed by atoms with Crippen molar-refractivity contribution in [2.45, 2.75) is 25.2 Å². The fourth-order valence-electron chi connectivity index (χ4n) is 2.02. The van der Waals surface area contributed by atoms with Gasteiger partial charge in [-0.25, -0.2) is 4.98 Å². The molecule has 1 heterocycles. The molecule has 2 N–H and O–H groups in total. The summed E-state index contributed by atoms with van der Waals surface area (Å²) in [5.74, 6) is 0.544. The number of nitrogens with zero attached hydrogens (tertiary/aromatic N) is 3. The molecule has 0 saturated carbocycles. The van der Waals surface area contributed by atoms with Gasteiger partial charge in [0.1, 0.15) is 6.33 Å².